The van der Waals surface area contributed by atoms with Crippen LogP contribution in [0.2, 0.25) is 0 Å². The second-order valence-electron chi connectivity index (χ2n) is 2.57. The van der Waals surface area contributed by atoms with Gasteiger partial charge in [0.15, 0.2) is 0 Å². The van der Waals surface area contributed by atoms with Crippen molar-refractivity contribution in [1.29, 1.82) is 5.26 Å². The molecule has 15 heavy (non-hydrogen) atoms. The van der Waals surface area contributed by atoms with Crippen LogP contribution in [0.15, 0.2) is 11.4 Å². The Bertz CT molecular complexity index is 435. The number of thiophene rings is 1. The van der Waals surface area contributed by atoms with Crippen LogP contribution in [0.25, 0.3) is 0 Å². The highest BCUT2D eigenvalue weighted by atomic mass is 32.1. The number of nitriles is 1. The summed E-state index contributed by atoms with van der Waals surface area (Å²) in [5.41, 5.74) is 10.2. The van der Waals surface area contributed by atoms with Crippen molar-refractivity contribution >= 4 is 23.3 Å². The zero-order chi connectivity index (χ0) is 11.4. The number of carbonyl (C=O) groups is 2. The van der Waals surface area contributed by atoms with Gasteiger partial charge in [-0.15, -0.1) is 11.3 Å². The van der Waals surface area contributed by atoms with Crippen molar-refractivity contribution in [2.45, 2.75) is 6.10 Å². The standard InChI is InChI=1S/C8H7N3O3S/c9-2-4-1-5(15-3-4)6(7(10)12)14-8(11)13/h1,3,6H,(H2,10,12)(H2,11,13). The molecule has 2 amide bonds. The van der Waals surface area contributed by atoms with Crippen LogP contribution in [0, 0.1) is 11.3 Å². The molecule has 0 aliphatic carbocycles. The summed E-state index contributed by atoms with van der Waals surface area (Å²) in [5, 5.41) is 10.1. The minimum Gasteiger partial charge on any atom is -0.430 e. The number of nitrogens with zero attached hydrogens (tertiary/aromatic N) is 1. The molecule has 7 heteroatoms. The molecule has 0 saturated heterocycles. The van der Waals surface area contributed by atoms with Crippen molar-refractivity contribution in [3.05, 3.63) is 21.9 Å². The van der Waals surface area contributed by atoms with Crippen LogP contribution < -0.4 is 11.5 Å². The predicted octanol–water partition coefficient (Wildman–Crippen LogP) is 0.241. The predicted molar refractivity (Wildman–Crippen MR) is 51.6 cm³/mol. The van der Waals surface area contributed by atoms with Gasteiger partial charge in [-0.05, 0) is 6.07 Å². The van der Waals surface area contributed by atoms with Gasteiger partial charge in [-0.3, -0.25) is 4.79 Å². The van der Waals surface area contributed by atoms with Crippen molar-refractivity contribution in [3.63, 3.8) is 0 Å². The van der Waals surface area contributed by atoms with E-state index in [1.165, 1.54) is 11.4 Å². The topological polar surface area (TPSA) is 119 Å². The Kier molecular flexibility index (Phi) is 3.25. The molecule has 1 atom stereocenters. The Morgan fingerprint density at radius 2 is 2.20 bits per heavy atom. The maximum atomic E-state index is 10.9. The number of rotatable bonds is 3. The third kappa shape index (κ3) is 2.69. The lowest BCUT2D eigenvalue weighted by Crippen LogP contribution is -2.27. The van der Waals surface area contributed by atoms with Crippen molar-refractivity contribution < 1.29 is 14.3 Å². The largest absolute Gasteiger partial charge is 0.430 e. The van der Waals surface area contributed by atoms with Crippen LogP contribution in [0.5, 0.6) is 0 Å². The Labute approximate surface area is 89.0 Å². The summed E-state index contributed by atoms with van der Waals surface area (Å²) in [6.45, 7) is 0. The van der Waals surface area contributed by atoms with Crippen molar-refractivity contribution in [3.8, 4) is 6.07 Å². The zero-order valence-corrected chi connectivity index (χ0v) is 8.28. The molecular weight excluding hydrogens is 218 g/mol. The Balaban J connectivity index is 2.94. The lowest BCUT2D eigenvalue weighted by Gasteiger charge is -2.10. The maximum absolute atomic E-state index is 10.9. The summed E-state index contributed by atoms with van der Waals surface area (Å²) >= 11 is 1.10. The van der Waals surface area contributed by atoms with Gasteiger partial charge in [0.25, 0.3) is 5.91 Å². The van der Waals surface area contributed by atoms with Crippen molar-refractivity contribution in [2.24, 2.45) is 11.5 Å². The van der Waals surface area contributed by atoms with Crippen molar-refractivity contribution in [1.82, 2.24) is 0 Å². The molecule has 0 aromatic carbocycles. The molecule has 0 saturated carbocycles. The third-order valence-corrected chi connectivity index (χ3v) is 2.48. The van der Waals surface area contributed by atoms with E-state index in [9.17, 15) is 9.59 Å². The fraction of sp³-hybridized carbons (Fsp3) is 0.125. The number of hydrogen-bond donors (Lipinski definition) is 2. The van der Waals surface area contributed by atoms with Gasteiger partial charge in [-0.1, -0.05) is 0 Å². The summed E-state index contributed by atoms with van der Waals surface area (Å²) in [7, 11) is 0. The fourth-order valence-electron chi connectivity index (χ4n) is 0.921. The zero-order valence-electron chi connectivity index (χ0n) is 7.47. The summed E-state index contributed by atoms with van der Waals surface area (Å²) in [5.74, 6) is -0.833. The van der Waals surface area contributed by atoms with E-state index in [2.05, 4.69) is 4.74 Å². The molecule has 1 aromatic rings. The molecule has 6 nitrogen and oxygen atoms in total. The van der Waals surface area contributed by atoms with E-state index >= 15 is 0 Å². The first-order valence-electron chi connectivity index (χ1n) is 3.78. The van der Waals surface area contributed by atoms with Crippen LogP contribution in [0.4, 0.5) is 4.79 Å². The molecule has 1 aromatic heterocycles. The first-order chi connectivity index (χ1) is 7.04. The van der Waals surface area contributed by atoms with Crippen LogP contribution >= 0.6 is 11.3 Å². The second-order valence-corrected chi connectivity index (χ2v) is 3.51. The van der Waals surface area contributed by atoms with Gasteiger partial charge in [0.1, 0.15) is 6.07 Å². The molecule has 1 rings (SSSR count). The normalized spacial score (nSPS) is 11.4. The average molecular weight is 225 g/mol. The third-order valence-electron chi connectivity index (χ3n) is 1.50. The summed E-state index contributed by atoms with van der Waals surface area (Å²) in [6.07, 6.45) is -2.32. The molecule has 0 radical (unpaired) electrons. The van der Waals surface area contributed by atoms with Crippen LogP contribution in [-0.2, 0) is 9.53 Å². The summed E-state index contributed by atoms with van der Waals surface area (Å²) in [4.78, 5) is 21.8. The highest BCUT2D eigenvalue weighted by Gasteiger charge is 2.23. The summed E-state index contributed by atoms with van der Waals surface area (Å²) < 4.78 is 4.52. The highest BCUT2D eigenvalue weighted by Crippen LogP contribution is 2.24. The van der Waals surface area contributed by atoms with E-state index in [1.54, 1.807) is 0 Å². The second kappa shape index (κ2) is 4.43. The van der Waals surface area contributed by atoms with E-state index in [0.717, 1.165) is 11.3 Å². The van der Waals surface area contributed by atoms with Gasteiger partial charge in [0.05, 0.1) is 10.4 Å². The van der Waals surface area contributed by atoms with E-state index in [4.69, 9.17) is 16.7 Å². The lowest BCUT2D eigenvalue weighted by molar-refractivity contribution is -0.126. The number of amides is 2. The van der Waals surface area contributed by atoms with E-state index in [1.807, 2.05) is 6.07 Å². The molecule has 0 aliphatic rings. The number of hydrogen-bond acceptors (Lipinski definition) is 5. The minimum absolute atomic E-state index is 0.370. The van der Waals surface area contributed by atoms with Gasteiger partial charge in [-0.2, -0.15) is 5.26 Å². The Morgan fingerprint density at radius 1 is 1.53 bits per heavy atom. The van der Waals surface area contributed by atoms with Crippen molar-refractivity contribution in [2.75, 3.05) is 0 Å². The number of carbonyl (C=O) groups excluding carboxylic acids is 2. The SMILES string of the molecule is N#Cc1csc(C(OC(N)=O)C(N)=O)c1. The van der Waals surface area contributed by atoms with Crippen LogP contribution in [0.1, 0.15) is 16.5 Å². The lowest BCUT2D eigenvalue weighted by atomic mass is 10.2. The quantitative estimate of drug-likeness (QED) is 0.765. The average Bonchev–Trinajstić information content (AvgIpc) is 2.61. The molecule has 1 unspecified atom stereocenters. The van der Waals surface area contributed by atoms with Gasteiger partial charge in [0, 0.05) is 5.38 Å². The number of ether oxygens (including phenoxy) is 1. The van der Waals surface area contributed by atoms with Crippen LogP contribution in [-0.4, -0.2) is 12.0 Å². The maximum Gasteiger partial charge on any atom is 0.405 e. The van der Waals surface area contributed by atoms with Gasteiger partial charge >= 0.3 is 6.09 Å². The molecule has 4 N–H and O–H groups in total. The highest BCUT2D eigenvalue weighted by molar-refractivity contribution is 7.10. The van der Waals surface area contributed by atoms with Crippen LogP contribution in [0.3, 0.4) is 0 Å². The van der Waals surface area contributed by atoms with Gasteiger partial charge < -0.3 is 16.2 Å². The monoisotopic (exact) mass is 225 g/mol. The fourth-order valence-corrected chi connectivity index (χ4v) is 1.79. The molecule has 0 aliphatic heterocycles. The molecule has 78 valence electrons. The van der Waals surface area contributed by atoms with E-state index in [0.29, 0.717) is 10.4 Å². The Morgan fingerprint density at radius 3 is 2.60 bits per heavy atom. The Hall–Kier alpha value is -2.07. The van der Waals surface area contributed by atoms with Gasteiger partial charge in [-0.25, -0.2) is 4.79 Å². The van der Waals surface area contributed by atoms with E-state index < -0.39 is 18.1 Å². The molecule has 0 spiro atoms. The molecular formula is C8H7N3O3S. The van der Waals surface area contributed by atoms with E-state index in [-0.39, 0.29) is 0 Å². The summed E-state index contributed by atoms with van der Waals surface area (Å²) in [6, 6.07) is 3.30. The number of nitrogens with two attached hydrogens (primary N) is 2. The molecule has 0 fully saturated rings. The number of primary amides is 2. The van der Waals surface area contributed by atoms with Gasteiger partial charge in [0.2, 0.25) is 6.10 Å². The molecule has 0 bridgehead atoms. The first-order valence-corrected chi connectivity index (χ1v) is 4.66. The first kappa shape index (κ1) is 11.0. The molecule has 1 heterocycles. The minimum atomic E-state index is -1.23. The smallest absolute Gasteiger partial charge is 0.405 e.